The molecule has 372 valence electrons. The molecule has 10 aromatic rings. The number of benzene rings is 9. The predicted molar refractivity (Wildman–Crippen MR) is 310 cm³/mol. The van der Waals surface area contributed by atoms with Crippen molar-refractivity contribution < 1.29 is 34.8 Å². The third-order valence-corrected chi connectivity index (χ3v) is 13.8. The molecule has 75 heavy (non-hydrogen) atoms. The Bertz CT molecular complexity index is 4180. The Balaban J connectivity index is 0.00000752. The third kappa shape index (κ3) is 9.14. The number of hydrogen-bond acceptors (Lipinski definition) is 5. The first-order valence-electron chi connectivity index (χ1n) is 29.8. The minimum Gasteiger partial charge on any atom is -0.493 e. The SMILES string of the molecule is [2H]c1c([2H])c([2H])c(-c2cc(C)cc(-c3c([2H])c([2H])c([2H])c([2H])c3[2H])c2N2[CH-]N(c3[c-]c(N(c4[c-]c5c(cc4)-c4ccccc4-c4ccccc4N5c4cc(C(C)(C)C)ccn4)c4ccccc4)cc(C(C)(C)C)c3)c3ccccc32)c([2H])c1[2H].[Pt]. The molecule has 3 heterocycles. The minimum atomic E-state index is -0.563. The Morgan fingerprint density at radius 3 is 1.69 bits per heavy atom. The Morgan fingerprint density at radius 1 is 0.507 bits per heavy atom. The van der Waals surface area contributed by atoms with Gasteiger partial charge in [0.25, 0.3) is 0 Å². The van der Waals surface area contributed by atoms with Gasteiger partial charge in [-0.2, -0.15) is 6.07 Å². The minimum absolute atomic E-state index is 0. The average Bonchev–Trinajstić information content (AvgIpc) is 2.07. The van der Waals surface area contributed by atoms with Crippen molar-refractivity contribution in [2.45, 2.75) is 59.3 Å². The first-order chi connectivity index (χ1) is 40.0. The molecule has 0 bridgehead atoms. The normalized spacial score (nSPS) is 14.6. The van der Waals surface area contributed by atoms with Crippen molar-refractivity contribution in [3.8, 4) is 44.5 Å². The van der Waals surface area contributed by atoms with Crippen molar-refractivity contribution in [3.05, 3.63) is 254 Å². The van der Waals surface area contributed by atoms with Crippen LogP contribution in [-0.2, 0) is 31.9 Å². The Labute approximate surface area is 471 Å². The first-order valence-corrected chi connectivity index (χ1v) is 24.8. The van der Waals surface area contributed by atoms with Crippen LogP contribution in [-0.4, -0.2) is 4.98 Å². The fourth-order valence-electron chi connectivity index (χ4n) is 10.1. The summed E-state index contributed by atoms with van der Waals surface area (Å²) in [6.07, 6.45) is 1.88. The van der Waals surface area contributed by atoms with Gasteiger partial charge in [0.2, 0.25) is 0 Å². The van der Waals surface area contributed by atoms with E-state index in [0.717, 1.165) is 61.9 Å². The zero-order valence-electron chi connectivity index (χ0n) is 52.6. The van der Waals surface area contributed by atoms with Gasteiger partial charge in [-0.3, -0.25) is 0 Å². The molecule has 12 rings (SSSR count). The number of nitrogens with zero attached hydrogens (tertiary/aromatic N) is 5. The van der Waals surface area contributed by atoms with Crippen LogP contribution in [0.3, 0.4) is 0 Å². The first kappa shape index (κ1) is 38.6. The summed E-state index contributed by atoms with van der Waals surface area (Å²) in [6.45, 7) is 16.7. The number of rotatable bonds is 8. The standard InChI is InChI=1S/C69H58N5.Pt/c1-47-39-60(48-23-11-8-12-24-48)67(61(40-47)49-25-13-9-14-26-49)72-46-71(63-33-21-22-34-64(63)72)54-41-51(69(5,6)7)42-55(44-54)73(52-27-15-10-16-28-52)53-35-36-59-57-30-18-17-29-56(57)58-31-19-20-32-62(58)74(65(59)45-53)66-43-50(37-38-70-66)68(2,3)4;/h8-43,46H,1-7H3;/q-3;/i8D,9D,11D,12D,13D,14D,23D,24D,25D,26D;. The second-order valence-electron chi connectivity index (χ2n) is 20.8. The molecule has 0 amide bonds. The van der Waals surface area contributed by atoms with Gasteiger partial charge in [0.15, 0.2) is 0 Å². The van der Waals surface area contributed by atoms with E-state index in [1.807, 2.05) is 65.1 Å². The fraction of sp³-hybridized carbons (Fsp3) is 0.130. The van der Waals surface area contributed by atoms with E-state index in [-0.39, 0.29) is 54.4 Å². The molecular formula is C69H58N5Pt-3. The number of pyridine rings is 1. The molecule has 5 nitrogen and oxygen atoms in total. The van der Waals surface area contributed by atoms with Gasteiger partial charge in [-0.1, -0.05) is 197 Å². The van der Waals surface area contributed by atoms with E-state index in [9.17, 15) is 5.48 Å². The maximum atomic E-state index is 9.30. The topological polar surface area (TPSA) is 25.9 Å². The fourth-order valence-corrected chi connectivity index (χ4v) is 10.1. The molecule has 0 aliphatic carbocycles. The van der Waals surface area contributed by atoms with Gasteiger partial charge >= 0.3 is 0 Å². The van der Waals surface area contributed by atoms with Crippen LogP contribution < -0.4 is 19.6 Å². The maximum Gasteiger partial charge on any atom is 0.135 e. The Morgan fingerprint density at radius 2 is 1.07 bits per heavy atom. The smallest absolute Gasteiger partial charge is 0.135 e. The molecule has 2 aliphatic heterocycles. The van der Waals surface area contributed by atoms with Crippen LogP contribution in [0.2, 0.25) is 0 Å². The molecule has 0 saturated heterocycles. The van der Waals surface area contributed by atoms with Crippen molar-refractivity contribution in [3.63, 3.8) is 0 Å². The maximum absolute atomic E-state index is 9.30. The molecule has 2 aliphatic rings. The number of hydrogen-bond donors (Lipinski definition) is 0. The van der Waals surface area contributed by atoms with Gasteiger partial charge in [0.05, 0.1) is 19.4 Å². The number of fused-ring (bicyclic) bond motifs is 6. The monoisotopic (exact) mass is 1160 g/mol. The van der Waals surface area contributed by atoms with Crippen LogP contribution in [0.5, 0.6) is 0 Å². The molecule has 0 fully saturated rings. The summed E-state index contributed by atoms with van der Waals surface area (Å²) in [5, 5.41) is 0. The van der Waals surface area contributed by atoms with E-state index >= 15 is 0 Å². The summed E-state index contributed by atoms with van der Waals surface area (Å²) in [6, 6.07) is 53.6. The summed E-state index contributed by atoms with van der Waals surface area (Å²) in [5.74, 6) is 0.748. The van der Waals surface area contributed by atoms with Crippen LogP contribution in [0.1, 0.15) is 71.9 Å². The zero-order chi connectivity index (χ0) is 59.4. The molecule has 9 aromatic carbocycles. The van der Waals surface area contributed by atoms with Crippen LogP contribution in [0.4, 0.5) is 57.0 Å². The largest absolute Gasteiger partial charge is 0.493 e. The molecule has 1 aromatic heterocycles. The summed E-state index contributed by atoms with van der Waals surface area (Å²) in [4.78, 5) is 13.3. The second kappa shape index (κ2) is 19.7. The van der Waals surface area contributed by atoms with Crippen LogP contribution in [0, 0.1) is 25.7 Å². The van der Waals surface area contributed by atoms with E-state index in [0.29, 0.717) is 28.3 Å². The van der Waals surface area contributed by atoms with Crippen molar-refractivity contribution in [2.75, 3.05) is 19.6 Å². The predicted octanol–water partition coefficient (Wildman–Crippen LogP) is 18.9. The van der Waals surface area contributed by atoms with Crippen LogP contribution >= 0.6 is 0 Å². The summed E-state index contributed by atoms with van der Waals surface area (Å²) in [5.41, 5.74) is 12.6. The van der Waals surface area contributed by atoms with Crippen molar-refractivity contribution in [1.82, 2.24) is 4.98 Å². The molecule has 0 spiro atoms. The summed E-state index contributed by atoms with van der Waals surface area (Å²) >= 11 is 0. The van der Waals surface area contributed by atoms with E-state index in [4.69, 9.17) is 13.2 Å². The average molecular weight is 1160 g/mol. The van der Waals surface area contributed by atoms with Gasteiger partial charge in [-0.05, 0) is 100 Å². The van der Waals surface area contributed by atoms with E-state index in [1.54, 1.807) is 19.1 Å². The molecule has 6 heteroatoms. The van der Waals surface area contributed by atoms with Gasteiger partial charge < -0.3 is 19.6 Å². The van der Waals surface area contributed by atoms with Gasteiger partial charge in [0.1, 0.15) is 5.82 Å². The van der Waals surface area contributed by atoms with Gasteiger partial charge in [-0.25, -0.2) is 4.98 Å². The summed E-state index contributed by atoms with van der Waals surface area (Å²) in [7, 11) is 0. The number of aryl methyl sites for hydroxylation is 1. The van der Waals surface area contributed by atoms with Crippen LogP contribution in [0.15, 0.2) is 218 Å². The molecular weight excluding hydrogens is 1090 g/mol. The third-order valence-electron chi connectivity index (χ3n) is 13.8. The van der Waals surface area contributed by atoms with Crippen LogP contribution in [0.25, 0.3) is 44.5 Å². The molecule has 0 N–H and O–H groups in total. The second-order valence-corrected chi connectivity index (χ2v) is 20.8. The number of anilines is 10. The number of para-hydroxylation sites is 4. The van der Waals surface area contributed by atoms with Crippen molar-refractivity contribution >= 4 is 57.0 Å². The van der Waals surface area contributed by atoms with Gasteiger partial charge in [-0.15, -0.1) is 53.8 Å². The molecule has 0 unspecified atom stereocenters. The van der Waals surface area contributed by atoms with Crippen molar-refractivity contribution in [1.29, 1.82) is 0 Å². The van der Waals surface area contributed by atoms with E-state index < -0.39 is 65.8 Å². The zero-order valence-corrected chi connectivity index (χ0v) is 44.9. The summed E-state index contributed by atoms with van der Waals surface area (Å²) < 4.78 is 89.5. The van der Waals surface area contributed by atoms with Crippen molar-refractivity contribution in [2.24, 2.45) is 0 Å². The molecule has 0 atom stereocenters. The van der Waals surface area contributed by atoms with E-state index in [1.165, 1.54) is 0 Å². The quantitative estimate of drug-likeness (QED) is 0.141. The number of aromatic nitrogens is 1. The molecule has 0 radical (unpaired) electrons. The van der Waals surface area contributed by atoms with E-state index in [2.05, 4.69) is 161 Å². The Hall–Kier alpha value is -7.98. The van der Waals surface area contributed by atoms with Gasteiger partial charge in [0, 0.05) is 66.7 Å². The molecule has 0 saturated carbocycles. The Kier molecular flexibility index (Phi) is 10.1.